The molecule has 2 N–H and O–H groups in total. The van der Waals surface area contributed by atoms with Crippen molar-refractivity contribution < 1.29 is 17.9 Å². The van der Waals surface area contributed by atoms with Gasteiger partial charge in [-0.2, -0.15) is 13.2 Å². The molecule has 0 saturated carbocycles. The minimum absolute atomic E-state index is 0.187. The summed E-state index contributed by atoms with van der Waals surface area (Å²) in [6.07, 6.45) is -0.0213. The van der Waals surface area contributed by atoms with Gasteiger partial charge in [0.2, 0.25) is 0 Å². The fraction of sp³-hybridized carbons (Fsp3) is 0.318. The normalized spacial score (nSPS) is 14.1. The first-order valence-electron chi connectivity index (χ1n) is 9.65. The Hall–Kier alpha value is -3.16. The molecule has 0 aliphatic carbocycles. The monoisotopic (exact) mass is 418 g/mol. The molecular weight excluding hydrogens is 393 g/mol. The van der Waals surface area contributed by atoms with Crippen molar-refractivity contribution in [2.75, 3.05) is 31.6 Å². The number of nitrogens with zero attached hydrogens (tertiary/aromatic N) is 2. The number of ether oxygens (including phenoxy) is 1. The lowest BCUT2D eigenvalue weighted by Crippen LogP contribution is -2.36. The van der Waals surface area contributed by atoms with Crippen molar-refractivity contribution in [2.45, 2.75) is 19.3 Å². The maximum atomic E-state index is 12.2. The van der Waals surface area contributed by atoms with E-state index in [0.717, 1.165) is 24.2 Å². The molecule has 0 saturated heterocycles. The number of benzene rings is 2. The molecule has 1 aliphatic rings. The quantitative estimate of drug-likeness (QED) is 0.407. The van der Waals surface area contributed by atoms with E-state index in [1.54, 1.807) is 19.2 Å². The molecule has 30 heavy (non-hydrogen) atoms. The fourth-order valence-corrected chi connectivity index (χ4v) is 2.97. The molecule has 0 fully saturated rings. The highest BCUT2D eigenvalue weighted by atomic mass is 19.4. The average molecular weight is 418 g/mol. The Morgan fingerprint density at radius 2 is 1.47 bits per heavy atom. The second kappa shape index (κ2) is 10.0. The minimum Gasteiger partial charge on any atom is -0.484 e. The Labute approximate surface area is 174 Å². The van der Waals surface area contributed by atoms with Gasteiger partial charge in [-0.1, -0.05) is 36.4 Å². The zero-order valence-corrected chi connectivity index (χ0v) is 16.7. The van der Waals surface area contributed by atoms with Gasteiger partial charge in [-0.25, -0.2) is 0 Å². The number of aliphatic imine (C=N–C) groups is 1. The van der Waals surface area contributed by atoms with Gasteiger partial charge in [0.15, 0.2) is 12.6 Å². The molecule has 2 aromatic rings. The summed E-state index contributed by atoms with van der Waals surface area (Å²) in [6.45, 7) is 1.72. The molecule has 2 aromatic carbocycles. The Balaban J connectivity index is 1.43. The van der Waals surface area contributed by atoms with E-state index in [2.05, 4.69) is 56.9 Å². The summed E-state index contributed by atoms with van der Waals surface area (Å²) >= 11 is 0. The van der Waals surface area contributed by atoms with Crippen molar-refractivity contribution in [3.05, 3.63) is 71.8 Å². The predicted molar refractivity (Wildman–Crippen MR) is 113 cm³/mol. The van der Waals surface area contributed by atoms with Gasteiger partial charge in [-0.3, -0.25) is 4.99 Å². The molecule has 5 nitrogen and oxygen atoms in total. The van der Waals surface area contributed by atoms with E-state index < -0.39 is 12.8 Å². The third-order valence-electron chi connectivity index (χ3n) is 4.59. The molecule has 0 bridgehead atoms. The first kappa shape index (κ1) is 21.5. The Bertz CT molecular complexity index is 853. The first-order chi connectivity index (χ1) is 14.4. The highest BCUT2D eigenvalue weighted by Gasteiger charge is 2.28. The second-order valence-corrected chi connectivity index (χ2v) is 6.87. The lowest BCUT2D eigenvalue weighted by Gasteiger charge is -2.18. The molecule has 0 spiro atoms. The van der Waals surface area contributed by atoms with Crippen molar-refractivity contribution in [3.63, 3.8) is 0 Å². The third-order valence-corrected chi connectivity index (χ3v) is 4.59. The van der Waals surface area contributed by atoms with Crippen molar-refractivity contribution in [3.8, 4) is 5.75 Å². The van der Waals surface area contributed by atoms with Crippen LogP contribution in [0.15, 0.2) is 65.7 Å². The SMILES string of the molecule is CN=C(NCc1ccc(OCC(F)(F)F)cc1)NCc1ccc(N2CC=CC2)cc1. The Kier molecular flexibility index (Phi) is 7.21. The molecule has 1 heterocycles. The smallest absolute Gasteiger partial charge is 0.422 e. The lowest BCUT2D eigenvalue weighted by atomic mass is 10.2. The minimum atomic E-state index is -4.34. The zero-order chi connectivity index (χ0) is 21.4. The largest absolute Gasteiger partial charge is 0.484 e. The molecule has 0 aromatic heterocycles. The molecule has 8 heteroatoms. The highest BCUT2D eigenvalue weighted by molar-refractivity contribution is 5.79. The third kappa shape index (κ3) is 6.72. The Morgan fingerprint density at radius 1 is 0.933 bits per heavy atom. The van der Waals surface area contributed by atoms with Gasteiger partial charge in [0.1, 0.15) is 5.75 Å². The summed E-state index contributed by atoms with van der Waals surface area (Å²) in [6, 6.07) is 14.9. The van der Waals surface area contributed by atoms with E-state index >= 15 is 0 Å². The van der Waals surface area contributed by atoms with Gasteiger partial charge in [0, 0.05) is 38.9 Å². The summed E-state index contributed by atoms with van der Waals surface area (Å²) in [4.78, 5) is 6.49. The van der Waals surface area contributed by atoms with Gasteiger partial charge in [0.05, 0.1) is 0 Å². The number of hydrogen-bond donors (Lipinski definition) is 2. The van der Waals surface area contributed by atoms with Crippen LogP contribution in [0.5, 0.6) is 5.75 Å². The van der Waals surface area contributed by atoms with Gasteiger partial charge in [-0.05, 0) is 35.4 Å². The number of rotatable bonds is 7. The zero-order valence-electron chi connectivity index (χ0n) is 16.7. The van der Waals surface area contributed by atoms with Crippen LogP contribution in [-0.2, 0) is 13.1 Å². The molecular formula is C22H25F3N4O. The standard InChI is InChI=1S/C22H25F3N4O/c1-26-21(27-14-17-4-8-19(9-5-17)29-12-2-3-13-29)28-15-18-6-10-20(11-7-18)30-16-22(23,24)25/h2-11H,12-16H2,1H3,(H2,26,27,28). The van der Waals surface area contributed by atoms with Crippen LogP contribution in [0.4, 0.5) is 18.9 Å². The number of nitrogens with one attached hydrogen (secondary N) is 2. The number of halogens is 3. The molecule has 3 rings (SSSR count). The van der Waals surface area contributed by atoms with Crippen molar-refractivity contribution in [2.24, 2.45) is 4.99 Å². The van der Waals surface area contributed by atoms with E-state index in [9.17, 15) is 13.2 Å². The average Bonchev–Trinajstić information content (AvgIpc) is 3.28. The fourth-order valence-electron chi connectivity index (χ4n) is 2.97. The molecule has 0 atom stereocenters. The van der Waals surface area contributed by atoms with E-state index in [1.165, 1.54) is 17.8 Å². The van der Waals surface area contributed by atoms with Crippen LogP contribution in [0.3, 0.4) is 0 Å². The topological polar surface area (TPSA) is 48.9 Å². The van der Waals surface area contributed by atoms with E-state index in [-0.39, 0.29) is 5.75 Å². The van der Waals surface area contributed by atoms with Crippen LogP contribution in [-0.4, -0.2) is 38.9 Å². The maximum absolute atomic E-state index is 12.2. The van der Waals surface area contributed by atoms with Crippen LogP contribution >= 0.6 is 0 Å². The first-order valence-corrected chi connectivity index (χ1v) is 9.65. The maximum Gasteiger partial charge on any atom is 0.422 e. The van der Waals surface area contributed by atoms with Gasteiger partial charge in [0.25, 0.3) is 0 Å². The number of hydrogen-bond acceptors (Lipinski definition) is 3. The van der Waals surface area contributed by atoms with Crippen LogP contribution in [0.25, 0.3) is 0 Å². The van der Waals surface area contributed by atoms with E-state index in [4.69, 9.17) is 4.74 Å². The summed E-state index contributed by atoms with van der Waals surface area (Å²) in [5, 5.41) is 6.45. The summed E-state index contributed by atoms with van der Waals surface area (Å²) in [5.74, 6) is 0.826. The van der Waals surface area contributed by atoms with Crippen molar-refractivity contribution in [1.29, 1.82) is 0 Å². The molecule has 0 unspecified atom stereocenters. The predicted octanol–water partition coefficient (Wildman–Crippen LogP) is 3.87. The highest BCUT2D eigenvalue weighted by Crippen LogP contribution is 2.19. The van der Waals surface area contributed by atoms with Crippen LogP contribution in [0.2, 0.25) is 0 Å². The number of guanidine groups is 1. The summed E-state index contributed by atoms with van der Waals surface area (Å²) in [7, 11) is 1.69. The second-order valence-electron chi connectivity index (χ2n) is 6.87. The van der Waals surface area contributed by atoms with Crippen LogP contribution in [0, 0.1) is 0 Å². The van der Waals surface area contributed by atoms with Gasteiger partial charge >= 0.3 is 6.18 Å². The van der Waals surface area contributed by atoms with Gasteiger partial charge < -0.3 is 20.3 Å². The van der Waals surface area contributed by atoms with Gasteiger partial charge in [-0.15, -0.1) is 0 Å². The summed E-state index contributed by atoms with van der Waals surface area (Å²) in [5.41, 5.74) is 3.25. The number of alkyl halides is 3. The van der Waals surface area contributed by atoms with E-state index in [1.807, 2.05) is 0 Å². The molecule has 160 valence electrons. The summed E-state index contributed by atoms with van der Waals surface area (Å²) < 4.78 is 41.3. The van der Waals surface area contributed by atoms with E-state index in [0.29, 0.717) is 19.0 Å². The Morgan fingerprint density at radius 3 is 1.97 bits per heavy atom. The van der Waals surface area contributed by atoms with Crippen molar-refractivity contribution >= 4 is 11.6 Å². The van der Waals surface area contributed by atoms with Crippen LogP contribution in [0.1, 0.15) is 11.1 Å². The molecule has 0 radical (unpaired) electrons. The molecule has 1 aliphatic heterocycles. The number of anilines is 1. The van der Waals surface area contributed by atoms with Crippen LogP contribution < -0.4 is 20.3 Å². The lowest BCUT2D eigenvalue weighted by molar-refractivity contribution is -0.153. The molecule has 0 amide bonds. The van der Waals surface area contributed by atoms with Crippen molar-refractivity contribution in [1.82, 2.24) is 10.6 Å².